The van der Waals surface area contributed by atoms with E-state index in [2.05, 4.69) is 0 Å². The number of hydrogen-bond acceptors (Lipinski definition) is 21. The third-order valence-corrected chi connectivity index (χ3v) is 12.5. The second kappa shape index (κ2) is 24.2. The Labute approximate surface area is 373 Å². The lowest BCUT2D eigenvalue weighted by Crippen LogP contribution is -2.67. The van der Waals surface area contributed by atoms with Crippen LogP contribution < -0.4 is 0 Å². The summed E-state index contributed by atoms with van der Waals surface area (Å²) in [5, 5.41) is 77.5. The van der Waals surface area contributed by atoms with Crippen LogP contribution in [0, 0.1) is 11.8 Å². The molecule has 0 aliphatic carbocycles. The van der Waals surface area contributed by atoms with Crippen LogP contribution in [0.15, 0.2) is 0 Å². The van der Waals surface area contributed by atoms with Gasteiger partial charge in [-0.25, -0.2) is 0 Å². The molecule has 64 heavy (non-hydrogen) atoms. The average Bonchev–Trinajstić information content (AvgIpc) is 3.25. The summed E-state index contributed by atoms with van der Waals surface area (Å²) < 4.78 is 66.1. The van der Waals surface area contributed by atoms with Gasteiger partial charge in [0.1, 0.15) is 54.9 Å². The van der Waals surface area contributed by atoms with Crippen molar-refractivity contribution in [1.82, 2.24) is 0 Å². The van der Waals surface area contributed by atoms with Gasteiger partial charge < -0.3 is 87.9 Å². The summed E-state index contributed by atoms with van der Waals surface area (Å²) in [5.74, 6) is -3.36. The predicted molar refractivity (Wildman–Crippen MR) is 216 cm³/mol. The minimum atomic E-state index is -2.05. The SMILES string of the molecule is CCC(C)C(=O)O[C@@H]1[C@@H]2O[C@H]3[C@@H](O[C@H]4[C@@H](OCCCCCCCCCCC(=O)O[C@@H]1[C@@H](O[C@@H]1O[C@H](C)[C@@H](OC(=O)C(C)C)[C@H](O)[C@H]1O)[C@H](C)O2)O[C@H](C)[C@@H](O)[C@@H]4O)O[C@H](O)[C@@H](O)[C@@H]3O. The van der Waals surface area contributed by atoms with E-state index in [0.29, 0.717) is 25.7 Å². The molecule has 5 heterocycles. The molecule has 5 aliphatic rings. The largest absolute Gasteiger partial charge is 0.457 e. The number of carbonyl (C=O) groups excluding carboxylic acids is 3. The minimum absolute atomic E-state index is 0.0405. The Balaban J connectivity index is 1.52. The van der Waals surface area contributed by atoms with E-state index in [9.17, 15) is 50.1 Å². The molecule has 21 nitrogen and oxygen atoms in total. The molecule has 1 unspecified atom stereocenters. The number of carbonyl (C=O) groups is 3. The molecule has 5 fully saturated rings. The van der Waals surface area contributed by atoms with Crippen LogP contribution in [0.1, 0.15) is 113 Å². The van der Waals surface area contributed by atoms with E-state index in [1.54, 1.807) is 27.7 Å². The van der Waals surface area contributed by atoms with E-state index in [4.69, 9.17) is 52.1 Å². The molecule has 0 radical (unpaired) electrons. The van der Waals surface area contributed by atoms with Gasteiger partial charge in [0, 0.05) is 13.0 Å². The van der Waals surface area contributed by atoms with Crippen LogP contribution in [0.3, 0.4) is 0 Å². The number of aliphatic hydroxyl groups is 7. The first kappa shape index (κ1) is 52.8. The van der Waals surface area contributed by atoms with Crippen LogP contribution in [0.5, 0.6) is 0 Å². The highest BCUT2D eigenvalue weighted by Gasteiger charge is 2.57. The summed E-state index contributed by atoms with van der Waals surface area (Å²) in [6.07, 6.45) is -25.1. The van der Waals surface area contributed by atoms with Crippen molar-refractivity contribution in [1.29, 1.82) is 0 Å². The zero-order valence-electron chi connectivity index (χ0n) is 37.8. The van der Waals surface area contributed by atoms with Crippen LogP contribution in [0.2, 0.25) is 0 Å². The Morgan fingerprint density at radius 1 is 0.578 bits per heavy atom. The van der Waals surface area contributed by atoms with Gasteiger partial charge >= 0.3 is 17.9 Å². The molecule has 2 bridgehead atoms. The number of rotatable bonds is 7. The van der Waals surface area contributed by atoms with Gasteiger partial charge in [-0.2, -0.15) is 0 Å². The summed E-state index contributed by atoms with van der Waals surface area (Å²) in [5.41, 5.74) is 0. The predicted octanol–water partition coefficient (Wildman–Crippen LogP) is 0.195. The van der Waals surface area contributed by atoms with Crippen molar-refractivity contribution < 1.29 is 102 Å². The fourth-order valence-corrected chi connectivity index (χ4v) is 8.16. The first-order valence-corrected chi connectivity index (χ1v) is 22.9. The molecule has 0 saturated carbocycles. The van der Waals surface area contributed by atoms with Crippen LogP contribution in [-0.4, -0.2) is 183 Å². The Morgan fingerprint density at radius 2 is 1.14 bits per heavy atom. The van der Waals surface area contributed by atoms with Crippen molar-refractivity contribution in [2.45, 2.75) is 236 Å². The van der Waals surface area contributed by atoms with Gasteiger partial charge in [0.2, 0.25) is 0 Å². The molecular weight excluding hydrogens is 852 g/mol. The lowest BCUT2D eigenvalue weighted by molar-refractivity contribution is -0.410. The molecule has 370 valence electrons. The smallest absolute Gasteiger partial charge is 0.309 e. The van der Waals surface area contributed by atoms with E-state index >= 15 is 0 Å². The summed E-state index contributed by atoms with van der Waals surface area (Å²) in [7, 11) is 0. The zero-order chi connectivity index (χ0) is 47.0. The molecule has 21 atom stereocenters. The normalized spacial score (nSPS) is 44.1. The topological polar surface area (TPSA) is 294 Å². The Kier molecular flexibility index (Phi) is 20.0. The summed E-state index contributed by atoms with van der Waals surface area (Å²) in [6.45, 7) is 11.3. The maximum absolute atomic E-state index is 13.8. The lowest BCUT2D eigenvalue weighted by atomic mass is 9.96. The molecule has 0 aromatic heterocycles. The van der Waals surface area contributed by atoms with Crippen LogP contribution in [-0.2, 0) is 66.5 Å². The Hall–Kier alpha value is -2.19. The summed E-state index contributed by atoms with van der Waals surface area (Å²) in [4.78, 5) is 39.9. The third-order valence-electron chi connectivity index (χ3n) is 12.5. The Morgan fingerprint density at radius 3 is 1.80 bits per heavy atom. The molecule has 5 rings (SSSR count). The van der Waals surface area contributed by atoms with Crippen molar-refractivity contribution >= 4 is 17.9 Å². The Bertz CT molecular complexity index is 1470. The standard InChI is InChI=1S/C43H72O21/c1-8-20(4)38(52)60-36-35-32(61-40-30(50)28(48)31(22(6)56-40)59-37(51)19(2)3)23(7)57-43(36)63-34-27(47)29(49)39(53)64-42(34)62-33-26(46)25(45)21(5)55-41(33)54-18-16-14-12-10-9-11-13-15-17-24(44)58-35/h19-23,25-36,39-43,45-50,53H,8-18H2,1-7H3/t20?,21-,22-,23+,25-,26+,27+,28-,29+,30-,31-,32+,33-,34-,35-,36+,39+,40+,41+,42+,43+/m1/s1. The second-order valence-corrected chi connectivity index (χ2v) is 17.9. The van der Waals surface area contributed by atoms with E-state index in [1.165, 1.54) is 20.8 Å². The molecule has 0 aromatic rings. The van der Waals surface area contributed by atoms with Gasteiger partial charge in [-0.15, -0.1) is 0 Å². The number of fused-ring (bicyclic) bond motifs is 4. The third kappa shape index (κ3) is 13.1. The van der Waals surface area contributed by atoms with Crippen molar-refractivity contribution in [2.75, 3.05) is 6.61 Å². The van der Waals surface area contributed by atoms with Gasteiger partial charge in [-0.05, 0) is 40.0 Å². The summed E-state index contributed by atoms with van der Waals surface area (Å²) >= 11 is 0. The van der Waals surface area contributed by atoms with Gasteiger partial charge in [0.05, 0.1) is 30.1 Å². The molecule has 0 aromatic carbocycles. The van der Waals surface area contributed by atoms with E-state index < -0.39 is 153 Å². The fourth-order valence-electron chi connectivity index (χ4n) is 8.16. The lowest BCUT2D eigenvalue weighted by Gasteiger charge is -2.49. The zero-order valence-corrected chi connectivity index (χ0v) is 37.8. The van der Waals surface area contributed by atoms with Crippen LogP contribution in [0.4, 0.5) is 0 Å². The monoisotopic (exact) mass is 924 g/mol. The molecular formula is C43H72O21. The first-order chi connectivity index (χ1) is 30.3. The van der Waals surface area contributed by atoms with Gasteiger partial charge in [-0.1, -0.05) is 66.2 Å². The highest BCUT2D eigenvalue weighted by atomic mass is 16.8. The molecule has 21 heteroatoms. The molecule has 5 aliphatic heterocycles. The molecule has 0 spiro atoms. The molecule has 0 amide bonds. The van der Waals surface area contributed by atoms with Crippen LogP contribution >= 0.6 is 0 Å². The van der Waals surface area contributed by atoms with E-state index in [1.807, 2.05) is 0 Å². The maximum atomic E-state index is 13.8. The number of hydrogen-bond donors (Lipinski definition) is 7. The van der Waals surface area contributed by atoms with Crippen molar-refractivity contribution in [2.24, 2.45) is 11.8 Å². The van der Waals surface area contributed by atoms with Crippen molar-refractivity contribution in [3.8, 4) is 0 Å². The van der Waals surface area contributed by atoms with Crippen molar-refractivity contribution in [3.05, 3.63) is 0 Å². The van der Waals surface area contributed by atoms with Gasteiger partial charge in [0.25, 0.3) is 0 Å². The minimum Gasteiger partial charge on any atom is -0.457 e. The second-order valence-electron chi connectivity index (χ2n) is 17.9. The molecule has 7 N–H and O–H groups in total. The van der Waals surface area contributed by atoms with Gasteiger partial charge in [-0.3, -0.25) is 14.4 Å². The number of aliphatic hydroxyl groups excluding tert-OH is 7. The highest BCUT2D eigenvalue weighted by molar-refractivity contribution is 5.73. The maximum Gasteiger partial charge on any atom is 0.309 e. The van der Waals surface area contributed by atoms with Crippen LogP contribution in [0.25, 0.3) is 0 Å². The highest BCUT2D eigenvalue weighted by Crippen LogP contribution is 2.37. The quantitative estimate of drug-likeness (QED) is 0.133. The average molecular weight is 925 g/mol. The number of ether oxygens (including phenoxy) is 11. The van der Waals surface area contributed by atoms with E-state index in [-0.39, 0.29) is 13.0 Å². The first-order valence-electron chi connectivity index (χ1n) is 22.9. The van der Waals surface area contributed by atoms with E-state index in [0.717, 1.165) is 32.1 Å². The van der Waals surface area contributed by atoms with Crippen molar-refractivity contribution in [3.63, 3.8) is 0 Å². The van der Waals surface area contributed by atoms with Gasteiger partial charge in [0.15, 0.2) is 49.8 Å². The fraction of sp³-hybridized carbons (Fsp3) is 0.930. The summed E-state index contributed by atoms with van der Waals surface area (Å²) in [6, 6.07) is 0. The number of esters is 3. The molecule has 5 saturated heterocycles.